The van der Waals surface area contributed by atoms with E-state index in [0.29, 0.717) is 6.04 Å². The molecule has 1 saturated heterocycles. The summed E-state index contributed by atoms with van der Waals surface area (Å²) >= 11 is 1.92. The number of hydrogen-bond acceptors (Lipinski definition) is 3. The van der Waals surface area contributed by atoms with Crippen molar-refractivity contribution in [1.29, 1.82) is 0 Å². The van der Waals surface area contributed by atoms with Gasteiger partial charge in [0.05, 0.1) is 0 Å². The number of nitrogens with zero attached hydrogens (tertiary/aromatic N) is 1. The first-order chi connectivity index (χ1) is 8.33. The molecule has 1 aromatic rings. The summed E-state index contributed by atoms with van der Waals surface area (Å²) in [6.45, 7) is 9.19. The van der Waals surface area contributed by atoms with Crippen molar-refractivity contribution in [2.45, 2.75) is 45.7 Å². The molecule has 0 aliphatic carbocycles. The average Bonchev–Trinajstić information content (AvgIpc) is 2.77. The molecule has 96 valence electrons. The largest absolute Gasteiger partial charge is 0.313 e. The van der Waals surface area contributed by atoms with Gasteiger partial charge in [0, 0.05) is 24.0 Å². The van der Waals surface area contributed by atoms with Crippen molar-refractivity contribution in [3.63, 3.8) is 0 Å². The fourth-order valence-electron chi connectivity index (χ4n) is 2.68. The van der Waals surface area contributed by atoms with Crippen LogP contribution in [-0.4, -0.2) is 30.6 Å². The van der Waals surface area contributed by atoms with Crippen LogP contribution in [0.3, 0.4) is 0 Å². The summed E-state index contributed by atoms with van der Waals surface area (Å²) in [5, 5.41) is 5.82. The van der Waals surface area contributed by atoms with Gasteiger partial charge in [-0.05, 0) is 49.4 Å². The highest BCUT2D eigenvalue weighted by Gasteiger charge is 2.19. The maximum atomic E-state index is 3.58. The molecule has 1 aliphatic rings. The first-order valence-electron chi connectivity index (χ1n) is 6.84. The zero-order valence-electron chi connectivity index (χ0n) is 11.0. The van der Waals surface area contributed by atoms with Gasteiger partial charge in [-0.25, -0.2) is 0 Å². The Balaban J connectivity index is 1.90. The summed E-state index contributed by atoms with van der Waals surface area (Å²) in [5.74, 6) is 0. The Morgan fingerprint density at radius 3 is 3.12 bits per heavy atom. The van der Waals surface area contributed by atoms with Gasteiger partial charge in [0.15, 0.2) is 0 Å². The molecule has 17 heavy (non-hydrogen) atoms. The Bertz CT molecular complexity index is 333. The van der Waals surface area contributed by atoms with E-state index in [2.05, 4.69) is 35.5 Å². The fourth-order valence-corrected chi connectivity index (χ4v) is 3.70. The molecule has 1 unspecified atom stereocenters. The van der Waals surface area contributed by atoms with Crippen molar-refractivity contribution in [2.24, 2.45) is 0 Å². The molecule has 3 heteroatoms. The van der Waals surface area contributed by atoms with E-state index in [4.69, 9.17) is 0 Å². The van der Waals surface area contributed by atoms with Crippen LogP contribution < -0.4 is 5.32 Å². The van der Waals surface area contributed by atoms with Crippen molar-refractivity contribution >= 4 is 11.3 Å². The molecule has 0 saturated carbocycles. The van der Waals surface area contributed by atoms with Crippen molar-refractivity contribution in [1.82, 2.24) is 10.2 Å². The molecule has 1 aliphatic heterocycles. The van der Waals surface area contributed by atoms with Crippen molar-refractivity contribution in [3.8, 4) is 0 Å². The van der Waals surface area contributed by atoms with E-state index in [0.717, 1.165) is 13.1 Å². The molecule has 1 N–H and O–H groups in total. The van der Waals surface area contributed by atoms with E-state index >= 15 is 0 Å². The third-order valence-electron chi connectivity index (χ3n) is 3.58. The normalized spacial score (nSPS) is 21.9. The Morgan fingerprint density at radius 1 is 1.47 bits per heavy atom. The standard InChI is InChI=1S/C14H24N2S/c1-3-12-7-9-17-14(12)11-16-8-5-6-13(10-16)15-4-2/h7,9,13,15H,3-6,8,10-11H2,1-2H3. The topological polar surface area (TPSA) is 15.3 Å². The molecule has 0 spiro atoms. The SMILES string of the molecule is CCNC1CCCN(Cc2sccc2CC)C1. The van der Waals surface area contributed by atoms with E-state index in [1.54, 1.807) is 10.4 Å². The van der Waals surface area contributed by atoms with Gasteiger partial charge in [-0.3, -0.25) is 4.90 Å². The Labute approximate surface area is 109 Å². The molecule has 0 amide bonds. The number of piperidine rings is 1. The van der Waals surface area contributed by atoms with E-state index < -0.39 is 0 Å². The zero-order valence-corrected chi connectivity index (χ0v) is 11.9. The van der Waals surface area contributed by atoms with Gasteiger partial charge in [-0.1, -0.05) is 13.8 Å². The summed E-state index contributed by atoms with van der Waals surface area (Å²) in [4.78, 5) is 4.19. The Kier molecular flexibility index (Phi) is 5.01. The maximum absolute atomic E-state index is 3.58. The van der Waals surface area contributed by atoms with Gasteiger partial charge in [0.25, 0.3) is 0 Å². The summed E-state index contributed by atoms with van der Waals surface area (Å²) in [6.07, 6.45) is 3.85. The number of thiophene rings is 1. The second-order valence-electron chi connectivity index (χ2n) is 4.85. The summed E-state index contributed by atoms with van der Waals surface area (Å²) in [6, 6.07) is 2.99. The van der Waals surface area contributed by atoms with Gasteiger partial charge in [-0.2, -0.15) is 0 Å². The minimum atomic E-state index is 0.707. The average molecular weight is 252 g/mol. The lowest BCUT2D eigenvalue weighted by atomic mass is 10.1. The Morgan fingerprint density at radius 2 is 2.35 bits per heavy atom. The lowest BCUT2D eigenvalue weighted by Crippen LogP contribution is -2.45. The molecule has 0 aromatic carbocycles. The predicted molar refractivity (Wildman–Crippen MR) is 75.7 cm³/mol. The van der Waals surface area contributed by atoms with E-state index in [1.807, 2.05) is 11.3 Å². The molecular formula is C14H24N2S. The van der Waals surface area contributed by atoms with Crippen LogP contribution in [-0.2, 0) is 13.0 Å². The number of rotatable bonds is 5. The highest BCUT2D eigenvalue weighted by atomic mass is 32.1. The van der Waals surface area contributed by atoms with Crippen LogP contribution in [0.2, 0.25) is 0 Å². The highest BCUT2D eigenvalue weighted by molar-refractivity contribution is 7.10. The molecule has 0 bridgehead atoms. The second kappa shape index (κ2) is 6.53. The molecule has 2 heterocycles. The van der Waals surface area contributed by atoms with Crippen LogP contribution in [0.15, 0.2) is 11.4 Å². The number of aryl methyl sites for hydroxylation is 1. The zero-order chi connectivity index (χ0) is 12.1. The maximum Gasteiger partial charge on any atom is 0.0331 e. The quantitative estimate of drug-likeness (QED) is 0.867. The lowest BCUT2D eigenvalue weighted by Gasteiger charge is -2.33. The van der Waals surface area contributed by atoms with Crippen LogP contribution in [0, 0.1) is 0 Å². The van der Waals surface area contributed by atoms with Crippen LogP contribution in [0.1, 0.15) is 37.1 Å². The number of nitrogens with one attached hydrogen (secondary N) is 1. The first-order valence-corrected chi connectivity index (χ1v) is 7.72. The third kappa shape index (κ3) is 3.54. The predicted octanol–water partition coefficient (Wildman–Crippen LogP) is 2.88. The molecule has 1 aromatic heterocycles. The van der Waals surface area contributed by atoms with E-state index in [-0.39, 0.29) is 0 Å². The minimum absolute atomic E-state index is 0.707. The van der Waals surface area contributed by atoms with Crippen LogP contribution in [0.5, 0.6) is 0 Å². The number of likely N-dealkylation sites (tertiary alicyclic amines) is 1. The molecule has 0 radical (unpaired) electrons. The Hall–Kier alpha value is -0.380. The van der Waals surface area contributed by atoms with Gasteiger partial charge >= 0.3 is 0 Å². The highest BCUT2D eigenvalue weighted by Crippen LogP contribution is 2.21. The minimum Gasteiger partial charge on any atom is -0.313 e. The van der Waals surface area contributed by atoms with E-state index in [1.165, 1.54) is 32.4 Å². The van der Waals surface area contributed by atoms with Crippen molar-refractivity contribution < 1.29 is 0 Å². The van der Waals surface area contributed by atoms with Crippen LogP contribution in [0.4, 0.5) is 0 Å². The van der Waals surface area contributed by atoms with Crippen LogP contribution in [0.25, 0.3) is 0 Å². The summed E-state index contributed by atoms with van der Waals surface area (Å²) in [7, 11) is 0. The third-order valence-corrected chi connectivity index (χ3v) is 4.53. The van der Waals surface area contributed by atoms with Gasteiger partial charge in [-0.15, -0.1) is 11.3 Å². The van der Waals surface area contributed by atoms with Crippen LogP contribution >= 0.6 is 11.3 Å². The van der Waals surface area contributed by atoms with Gasteiger partial charge in [0.1, 0.15) is 0 Å². The van der Waals surface area contributed by atoms with Crippen molar-refractivity contribution in [3.05, 3.63) is 21.9 Å². The molecule has 1 fully saturated rings. The fraction of sp³-hybridized carbons (Fsp3) is 0.714. The van der Waals surface area contributed by atoms with Crippen molar-refractivity contribution in [2.75, 3.05) is 19.6 Å². The number of likely N-dealkylation sites (N-methyl/N-ethyl adjacent to an activating group) is 1. The summed E-state index contributed by atoms with van der Waals surface area (Å²) < 4.78 is 0. The lowest BCUT2D eigenvalue weighted by molar-refractivity contribution is 0.186. The molecule has 1 atom stereocenters. The smallest absolute Gasteiger partial charge is 0.0331 e. The van der Waals surface area contributed by atoms with Gasteiger partial charge < -0.3 is 5.32 Å². The summed E-state index contributed by atoms with van der Waals surface area (Å²) in [5.41, 5.74) is 1.54. The monoisotopic (exact) mass is 252 g/mol. The molecular weight excluding hydrogens is 228 g/mol. The van der Waals surface area contributed by atoms with E-state index in [9.17, 15) is 0 Å². The molecule has 2 rings (SSSR count). The number of hydrogen-bond donors (Lipinski definition) is 1. The second-order valence-corrected chi connectivity index (χ2v) is 5.86. The van der Waals surface area contributed by atoms with Gasteiger partial charge in [0.2, 0.25) is 0 Å². The molecule has 2 nitrogen and oxygen atoms in total. The first kappa shape index (κ1) is 13.1.